The molecule has 0 aliphatic heterocycles. The summed E-state index contributed by atoms with van der Waals surface area (Å²) in [5.41, 5.74) is 0.244. The molecule has 0 amide bonds. The van der Waals surface area contributed by atoms with Gasteiger partial charge in [0.15, 0.2) is 0 Å². The highest BCUT2D eigenvalue weighted by Gasteiger charge is 2.12. The summed E-state index contributed by atoms with van der Waals surface area (Å²) in [6, 6.07) is 6.96. The lowest BCUT2D eigenvalue weighted by Crippen LogP contribution is -2.32. The Morgan fingerprint density at radius 1 is 1.42 bits per heavy atom. The molecule has 0 atom stereocenters. The second-order valence-corrected chi connectivity index (χ2v) is 4.34. The van der Waals surface area contributed by atoms with Crippen LogP contribution < -0.4 is 10.4 Å². The first-order valence-corrected chi connectivity index (χ1v) is 6.65. The van der Waals surface area contributed by atoms with Crippen molar-refractivity contribution in [2.75, 3.05) is 20.0 Å². The molecule has 2 aromatic rings. The molecule has 0 aliphatic rings. The van der Waals surface area contributed by atoms with Gasteiger partial charge in [0, 0.05) is 0 Å². The van der Waals surface area contributed by atoms with Crippen molar-refractivity contribution in [3.05, 3.63) is 34.6 Å². The maximum Gasteiger partial charge on any atom is 0.346 e. The summed E-state index contributed by atoms with van der Waals surface area (Å²) in [5.74, 6) is -0.563. The third-order valence-corrected chi connectivity index (χ3v) is 3.05. The van der Waals surface area contributed by atoms with Crippen molar-refractivity contribution in [2.24, 2.45) is 0 Å². The number of ether oxygens (including phenoxy) is 1. The van der Waals surface area contributed by atoms with Crippen LogP contribution in [-0.2, 0) is 9.53 Å². The number of methoxy groups -OCH3 is 1. The fourth-order valence-electron chi connectivity index (χ4n) is 1.52. The second kappa shape index (κ2) is 5.75. The number of benzene rings is 1. The molecule has 1 aromatic carbocycles. The highest BCUT2D eigenvalue weighted by molar-refractivity contribution is 7.98. The number of hydrogen-bond donors (Lipinski definition) is 0. The van der Waals surface area contributed by atoms with Gasteiger partial charge < -0.3 is 9.57 Å². The molecule has 6 nitrogen and oxygen atoms in total. The summed E-state index contributed by atoms with van der Waals surface area (Å²) in [4.78, 5) is 32.8. The highest BCUT2D eigenvalue weighted by Crippen LogP contribution is 2.13. The number of nitrogens with zero attached hydrogens (tertiary/aromatic N) is 2. The third kappa shape index (κ3) is 2.70. The third-order valence-electron chi connectivity index (χ3n) is 2.43. The molecule has 0 N–H and O–H groups in total. The van der Waals surface area contributed by atoms with E-state index in [-0.39, 0.29) is 12.2 Å². The Morgan fingerprint density at radius 2 is 2.16 bits per heavy atom. The molecule has 19 heavy (non-hydrogen) atoms. The number of carbonyl (C=O) groups is 1. The Bertz CT molecular complexity index is 668. The first-order valence-electron chi connectivity index (χ1n) is 5.43. The Labute approximate surface area is 113 Å². The molecule has 100 valence electrons. The number of fused-ring (bicyclic) bond motifs is 1. The summed E-state index contributed by atoms with van der Waals surface area (Å²) in [5, 5.41) is 0.817. The van der Waals surface area contributed by atoms with Crippen LogP contribution >= 0.6 is 11.8 Å². The van der Waals surface area contributed by atoms with Gasteiger partial charge in [0.2, 0.25) is 11.8 Å². The molecule has 0 saturated carbocycles. The minimum Gasteiger partial charge on any atom is -0.466 e. The molecule has 7 heteroatoms. The van der Waals surface area contributed by atoms with E-state index in [1.54, 1.807) is 30.5 Å². The number of aromatic nitrogens is 2. The average molecular weight is 280 g/mol. The van der Waals surface area contributed by atoms with Gasteiger partial charge in [-0.3, -0.25) is 4.79 Å². The van der Waals surface area contributed by atoms with Gasteiger partial charge in [-0.25, -0.2) is 9.78 Å². The summed E-state index contributed by atoms with van der Waals surface area (Å²) in [6.45, 7) is -0.343. The Hall–Kier alpha value is -2.02. The first kappa shape index (κ1) is 13.4. The van der Waals surface area contributed by atoms with Crippen LogP contribution in [-0.4, -0.2) is 35.7 Å². The van der Waals surface area contributed by atoms with E-state index in [1.165, 1.54) is 18.9 Å². The summed E-state index contributed by atoms with van der Waals surface area (Å²) in [7, 11) is 1.25. The summed E-state index contributed by atoms with van der Waals surface area (Å²) < 4.78 is 5.48. The summed E-state index contributed by atoms with van der Waals surface area (Å²) in [6.07, 6.45) is 1.77. The largest absolute Gasteiger partial charge is 0.466 e. The zero-order valence-corrected chi connectivity index (χ0v) is 11.3. The van der Waals surface area contributed by atoms with Crippen molar-refractivity contribution < 1.29 is 14.4 Å². The normalized spacial score (nSPS) is 10.4. The van der Waals surface area contributed by atoms with E-state index in [2.05, 4.69) is 9.72 Å². The van der Waals surface area contributed by atoms with Crippen LogP contribution in [0.3, 0.4) is 0 Å². The van der Waals surface area contributed by atoms with Crippen molar-refractivity contribution in [1.82, 2.24) is 9.71 Å². The van der Waals surface area contributed by atoms with Crippen molar-refractivity contribution in [2.45, 2.75) is 5.16 Å². The van der Waals surface area contributed by atoms with Crippen LogP contribution in [0.25, 0.3) is 10.9 Å². The van der Waals surface area contributed by atoms with E-state index in [0.29, 0.717) is 16.1 Å². The van der Waals surface area contributed by atoms with Crippen molar-refractivity contribution in [1.29, 1.82) is 0 Å². The maximum absolute atomic E-state index is 12.2. The quantitative estimate of drug-likeness (QED) is 0.467. The van der Waals surface area contributed by atoms with Crippen LogP contribution in [0.4, 0.5) is 0 Å². The monoisotopic (exact) mass is 280 g/mol. The fraction of sp³-hybridized carbons (Fsp3) is 0.250. The van der Waals surface area contributed by atoms with Crippen LogP contribution in [0.15, 0.2) is 34.2 Å². The molecule has 0 saturated heterocycles. The number of esters is 1. The van der Waals surface area contributed by atoms with Crippen LogP contribution in [0.2, 0.25) is 0 Å². The van der Waals surface area contributed by atoms with Gasteiger partial charge >= 0.3 is 5.97 Å². The lowest BCUT2D eigenvalue weighted by Gasteiger charge is -2.11. The highest BCUT2D eigenvalue weighted by atomic mass is 32.2. The lowest BCUT2D eigenvalue weighted by molar-refractivity contribution is -0.146. The standard InChI is InChI=1S/C12H12N2O4S/c1-17-10(15)7-18-14-11(16)8-5-3-4-6-9(8)13-12(14)19-2/h3-6H,7H2,1-2H3. The minimum absolute atomic E-state index is 0.343. The van der Waals surface area contributed by atoms with Crippen molar-refractivity contribution in [3.63, 3.8) is 0 Å². The molecule has 1 heterocycles. The molecule has 2 rings (SSSR count). The fourth-order valence-corrected chi connectivity index (χ4v) is 2.01. The van der Waals surface area contributed by atoms with E-state index >= 15 is 0 Å². The number of para-hydroxylation sites is 1. The predicted octanol–water partition coefficient (Wildman–Crippen LogP) is 0.720. The number of carbonyl (C=O) groups excluding carboxylic acids is 1. The van der Waals surface area contributed by atoms with E-state index in [4.69, 9.17) is 4.84 Å². The zero-order valence-electron chi connectivity index (χ0n) is 10.5. The molecular weight excluding hydrogens is 268 g/mol. The van der Waals surface area contributed by atoms with Crippen molar-refractivity contribution in [3.8, 4) is 0 Å². The van der Waals surface area contributed by atoms with E-state index in [1.807, 2.05) is 0 Å². The Morgan fingerprint density at radius 3 is 2.84 bits per heavy atom. The van der Waals surface area contributed by atoms with Crippen molar-refractivity contribution >= 4 is 28.6 Å². The zero-order chi connectivity index (χ0) is 13.8. The smallest absolute Gasteiger partial charge is 0.346 e. The van der Waals surface area contributed by atoms with Gasteiger partial charge in [-0.15, -0.1) is 4.73 Å². The van der Waals surface area contributed by atoms with Gasteiger partial charge in [0.05, 0.1) is 18.0 Å². The average Bonchev–Trinajstić information content (AvgIpc) is 2.45. The molecular formula is C12H12N2O4S. The summed E-state index contributed by atoms with van der Waals surface area (Å²) >= 11 is 1.26. The molecule has 0 spiro atoms. The van der Waals surface area contributed by atoms with Crippen LogP contribution in [0.1, 0.15) is 0 Å². The van der Waals surface area contributed by atoms with E-state index in [9.17, 15) is 9.59 Å². The van der Waals surface area contributed by atoms with E-state index in [0.717, 1.165) is 4.73 Å². The molecule has 0 fully saturated rings. The predicted molar refractivity (Wildman–Crippen MR) is 71.2 cm³/mol. The van der Waals surface area contributed by atoms with Gasteiger partial charge in [-0.2, -0.15) is 0 Å². The molecule has 0 unspecified atom stereocenters. The topological polar surface area (TPSA) is 70.4 Å². The maximum atomic E-state index is 12.2. The van der Waals surface area contributed by atoms with Crippen LogP contribution in [0.5, 0.6) is 0 Å². The molecule has 0 aliphatic carbocycles. The Balaban J connectivity index is 2.49. The van der Waals surface area contributed by atoms with E-state index < -0.39 is 5.97 Å². The van der Waals surface area contributed by atoms with Gasteiger partial charge in [0.1, 0.15) is 0 Å². The van der Waals surface area contributed by atoms with Gasteiger partial charge in [0.25, 0.3) is 5.56 Å². The minimum atomic E-state index is -0.563. The molecule has 1 aromatic heterocycles. The van der Waals surface area contributed by atoms with Gasteiger partial charge in [-0.1, -0.05) is 23.9 Å². The first-order chi connectivity index (χ1) is 9.17. The number of hydrogen-bond acceptors (Lipinski definition) is 6. The lowest BCUT2D eigenvalue weighted by atomic mass is 10.2. The number of rotatable bonds is 4. The molecule has 0 bridgehead atoms. The van der Waals surface area contributed by atoms with Crippen LogP contribution in [0, 0.1) is 0 Å². The SMILES string of the molecule is COC(=O)COn1c(SC)nc2ccccc2c1=O. The second-order valence-electron chi connectivity index (χ2n) is 3.56. The van der Waals surface area contributed by atoms with Gasteiger partial charge in [-0.05, 0) is 18.4 Å². The molecule has 0 radical (unpaired) electrons. The number of thioether (sulfide) groups is 1. The Kier molecular flexibility index (Phi) is 4.06.